The van der Waals surface area contributed by atoms with E-state index in [-0.39, 0.29) is 18.4 Å². The van der Waals surface area contributed by atoms with Crippen molar-refractivity contribution in [1.82, 2.24) is 4.90 Å². The highest BCUT2D eigenvalue weighted by Crippen LogP contribution is 2.25. The highest BCUT2D eigenvalue weighted by atomic mass is 16.5. The molecule has 112 valence electrons. The lowest BCUT2D eigenvalue weighted by Gasteiger charge is -2.12. The fourth-order valence-electron chi connectivity index (χ4n) is 2.28. The number of rotatable bonds is 2. The van der Waals surface area contributed by atoms with Crippen LogP contribution < -0.4 is 10.1 Å². The fourth-order valence-corrected chi connectivity index (χ4v) is 2.28. The van der Waals surface area contributed by atoms with E-state index >= 15 is 0 Å². The topological polar surface area (TPSA) is 58.6 Å². The van der Waals surface area contributed by atoms with Gasteiger partial charge in [-0.2, -0.15) is 0 Å². The Bertz CT molecular complexity index is 713. The molecule has 0 bridgehead atoms. The van der Waals surface area contributed by atoms with Gasteiger partial charge in [0.2, 0.25) is 0 Å². The van der Waals surface area contributed by atoms with Gasteiger partial charge < -0.3 is 15.0 Å². The summed E-state index contributed by atoms with van der Waals surface area (Å²) in [5.41, 5.74) is 2.13. The molecule has 0 aliphatic carbocycles. The van der Waals surface area contributed by atoms with Crippen LogP contribution in [0, 0.1) is 0 Å². The molecule has 1 N–H and O–H groups in total. The van der Waals surface area contributed by atoms with Crippen LogP contribution in [0.15, 0.2) is 48.5 Å². The molecule has 5 heteroatoms. The Morgan fingerprint density at radius 3 is 2.73 bits per heavy atom. The Morgan fingerprint density at radius 2 is 1.95 bits per heavy atom. The highest BCUT2D eigenvalue weighted by molar-refractivity contribution is 6.04. The number of nitrogens with zero attached hydrogens (tertiary/aromatic N) is 1. The van der Waals surface area contributed by atoms with Crippen LogP contribution in [0.2, 0.25) is 0 Å². The first-order valence-electron chi connectivity index (χ1n) is 6.99. The Balaban J connectivity index is 1.82. The minimum absolute atomic E-state index is 0.00669. The molecule has 0 spiro atoms. The van der Waals surface area contributed by atoms with Gasteiger partial charge in [0, 0.05) is 30.4 Å². The van der Waals surface area contributed by atoms with E-state index in [9.17, 15) is 9.59 Å². The van der Waals surface area contributed by atoms with Crippen molar-refractivity contribution in [2.24, 2.45) is 0 Å². The Hall–Kier alpha value is -2.82. The number of hydrogen-bond acceptors (Lipinski definition) is 3. The molecule has 2 amide bonds. The summed E-state index contributed by atoms with van der Waals surface area (Å²) in [6.45, 7) is 0.474. The summed E-state index contributed by atoms with van der Waals surface area (Å²) in [7, 11) is 1.73. The quantitative estimate of drug-likeness (QED) is 0.925. The van der Waals surface area contributed by atoms with Crippen LogP contribution in [0.1, 0.15) is 15.9 Å². The third-order valence-electron chi connectivity index (χ3n) is 3.55. The van der Waals surface area contributed by atoms with Crippen molar-refractivity contribution < 1.29 is 14.3 Å². The zero-order valence-corrected chi connectivity index (χ0v) is 12.2. The van der Waals surface area contributed by atoms with E-state index < -0.39 is 0 Å². The van der Waals surface area contributed by atoms with E-state index in [4.69, 9.17) is 4.74 Å². The summed E-state index contributed by atoms with van der Waals surface area (Å²) in [5.74, 6) is 0.298. The maximum atomic E-state index is 12.3. The number of para-hydroxylation sites is 1. The normalized spacial score (nSPS) is 13.9. The van der Waals surface area contributed by atoms with Gasteiger partial charge in [-0.25, -0.2) is 0 Å². The maximum absolute atomic E-state index is 12.3. The lowest BCUT2D eigenvalue weighted by Crippen LogP contribution is -2.28. The standard InChI is InChI=1S/C17H16N2O3/c1-19-10-13-8-7-12(9-15(13)22-11-16(19)20)17(21)18-14-5-3-2-4-6-14/h2-9H,10-11H2,1H3,(H,18,21). The van der Waals surface area contributed by atoms with Crippen molar-refractivity contribution >= 4 is 17.5 Å². The van der Waals surface area contributed by atoms with E-state index in [0.29, 0.717) is 17.9 Å². The first-order chi connectivity index (χ1) is 10.6. The Kier molecular flexibility index (Phi) is 3.78. The number of anilines is 1. The lowest BCUT2D eigenvalue weighted by atomic mass is 10.1. The van der Waals surface area contributed by atoms with Gasteiger partial charge in [0.25, 0.3) is 11.8 Å². The second kappa shape index (κ2) is 5.89. The summed E-state index contributed by atoms with van der Waals surface area (Å²) >= 11 is 0. The number of ether oxygens (including phenoxy) is 1. The molecule has 0 saturated heterocycles. The van der Waals surface area contributed by atoms with Crippen molar-refractivity contribution in [2.75, 3.05) is 19.0 Å². The molecule has 0 unspecified atom stereocenters. The monoisotopic (exact) mass is 296 g/mol. The summed E-state index contributed by atoms with van der Waals surface area (Å²) in [5, 5.41) is 2.83. The minimum atomic E-state index is -0.207. The molecule has 1 aliphatic rings. The van der Waals surface area contributed by atoms with Crippen LogP contribution in [-0.2, 0) is 11.3 Å². The molecular weight excluding hydrogens is 280 g/mol. The van der Waals surface area contributed by atoms with Crippen LogP contribution in [0.3, 0.4) is 0 Å². The van der Waals surface area contributed by atoms with Crippen LogP contribution in [0.25, 0.3) is 0 Å². The maximum Gasteiger partial charge on any atom is 0.260 e. The smallest absolute Gasteiger partial charge is 0.260 e. The van der Waals surface area contributed by atoms with Crippen molar-refractivity contribution in [3.05, 3.63) is 59.7 Å². The van der Waals surface area contributed by atoms with Crippen LogP contribution in [0.4, 0.5) is 5.69 Å². The number of carbonyl (C=O) groups excluding carboxylic acids is 2. The van der Waals surface area contributed by atoms with Gasteiger partial charge in [-0.1, -0.05) is 24.3 Å². The molecule has 0 aromatic heterocycles. The first kappa shape index (κ1) is 14.1. The molecule has 1 heterocycles. The number of benzene rings is 2. The predicted octanol–water partition coefficient (Wildman–Crippen LogP) is 2.29. The number of carbonyl (C=O) groups is 2. The molecule has 2 aromatic carbocycles. The highest BCUT2D eigenvalue weighted by Gasteiger charge is 2.19. The van der Waals surface area contributed by atoms with Crippen molar-refractivity contribution in [2.45, 2.75) is 6.54 Å². The largest absolute Gasteiger partial charge is 0.483 e. The zero-order chi connectivity index (χ0) is 15.5. The third-order valence-corrected chi connectivity index (χ3v) is 3.55. The molecule has 22 heavy (non-hydrogen) atoms. The molecule has 0 fully saturated rings. The lowest BCUT2D eigenvalue weighted by molar-refractivity contribution is -0.131. The van der Waals surface area contributed by atoms with Crippen LogP contribution in [-0.4, -0.2) is 30.4 Å². The van der Waals surface area contributed by atoms with Gasteiger partial charge in [-0.15, -0.1) is 0 Å². The molecule has 0 atom stereocenters. The zero-order valence-electron chi connectivity index (χ0n) is 12.2. The molecule has 1 aliphatic heterocycles. The number of hydrogen-bond donors (Lipinski definition) is 1. The van der Waals surface area contributed by atoms with Crippen molar-refractivity contribution in [3.8, 4) is 5.75 Å². The fraction of sp³-hybridized carbons (Fsp3) is 0.176. The summed E-state index contributed by atoms with van der Waals surface area (Å²) in [6.07, 6.45) is 0. The van der Waals surface area contributed by atoms with E-state index in [2.05, 4.69) is 5.32 Å². The van der Waals surface area contributed by atoms with E-state index in [1.807, 2.05) is 36.4 Å². The van der Waals surface area contributed by atoms with Gasteiger partial charge in [-0.05, 0) is 24.3 Å². The number of nitrogens with one attached hydrogen (secondary N) is 1. The average Bonchev–Trinajstić information content (AvgIpc) is 2.67. The van der Waals surface area contributed by atoms with E-state index in [1.165, 1.54) is 0 Å². The first-order valence-corrected chi connectivity index (χ1v) is 6.99. The third kappa shape index (κ3) is 2.93. The van der Waals surface area contributed by atoms with Gasteiger partial charge in [0.05, 0.1) is 0 Å². The van der Waals surface area contributed by atoms with E-state index in [0.717, 1.165) is 11.3 Å². The van der Waals surface area contributed by atoms with Crippen molar-refractivity contribution in [3.63, 3.8) is 0 Å². The van der Waals surface area contributed by atoms with E-state index in [1.54, 1.807) is 24.1 Å². The number of likely N-dealkylation sites (N-methyl/N-ethyl adjacent to an activating group) is 1. The summed E-state index contributed by atoms with van der Waals surface area (Å²) < 4.78 is 5.50. The van der Waals surface area contributed by atoms with Gasteiger partial charge >= 0.3 is 0 Å². The molecule has 3 rings (SSSR count). The molecule has 0 saturated carbocycles. The number of fused-ring (bicyclic) bond motifs is 1. The molecule has 2 aromatic rings. The van der Waals surface area contributed by atoms with Crippen LogP contribution >= 0.6 is 0 Å². The minimum Gasteiger partial charge on any atom is -0.483 e. The summed E-state index contributed by atoms with van der Waals surface area (Å²) in [6, 6.07) is 14.5. The number of amides is 2. The van der Waals surface area contributed by atoms with Crippen LogP contribution in [0.5, 0.6) is 5.75 Å². The second-order valence-electron chi connectivity index (χ2n) is 5.18. The molecule has 5 nitrogen and oxygen atoms in total. The SMILES string of the molecule is CN1Cc2ccc(C(=O)Nc3ccccc3)cc2OCC1=O. The molecular formula is C17H16N2O3. The van der Waals surface area contributed by atoms with Crippen molar-refractivity contribution in [1.29, 1.82) is 0 Å². The predicted molar refractivity (Wildman–Crippen MR) is 82.8 cm³/mol. The van der Waals surface area contributed by atoms with Gasteiger partial charge in [0.1, 0.15) is 5.75 Å². The van der Waals surface area contributed by atoms with Gasteiger partial charge in [0.15, 0.2) is 6.61 Å². The average molecular weight is 296 g/mol. The molecule has 0 radical (unpaired) electrons. The van der Waals surface area contributed by atoms with Gasteiger partial charge in [-0.3, -0.25) is 9.59 Å². The summed E-state index contributed by atoms with van der Waals surface area (Å²) in [4.78, 5) is 25.5. The Labute approximate surface area is 128 Å². The Morgan fingerprint density at radius 1 is 1.18 bits per heavy atom. The second-order valence-corrected chi connectivity index (χ2v) is 5.18.